The molecule has 5 nitrogen and oxygen atoms in total. The third kappa shape index (κ3) is 6.93. The Morgan fingerprint density at radius 3 is 2.44 bits per heavy atom. The van der Waals surface area contributed by atoms with Gasteiger partial charge in [0.2, 0.25) is 0 Å². The zero-order valence-corrected chi connectivity index (χ0v) is 11.3. The van der Waals surface area contributed by atoms with Crippen molar-refractivity contribution in [2.24, 2.45) is 11.8 Å². The number of rotatable bonds is 8. The van der Waals surface area contributed by atoms with E-state index in [-0.39, 0.29) is 18.4 Å². The minimum Gasteiger partial charge on any atom is -0.480 e. The molecule has 0 bridgehead atoms. The molecule has 5 heteroatoms. The van der Waals surface area contributed by atoms with E-state index in [4.69, 9.17) is 9.84 Å². The third-order valence-electron chi connectivity index (χ3n) is 2.57. The maximum atomic E-state index is 11.4. The van der Waals surface area contributed by atoms with E-state index in [0.29, 0.717) is 0 Å². The van der Waals surface area contributed by atoms with E-state index >= 15 is 0 Å². The Balaban J connectivity index is 4.02. The number of nitrogens with one attached hydrogen (secondary N) is 1. The van der Waals surface area contributed by atoms with Crippen LogP contribution in [0.25, 0.3) is 0 Å². The lowest BCUT2D eigenvalue weighted by Crippen LogP contribution is -2.44. The summed E-state index contributed by atoms with van der Waals surface area (Å²) in [4.78, 5) is 22.3. The molecule has 0 saturated carbocycles. The van der Waals surface area contributed by atoms with Gasteiger partial charge in [0.1, 0.15) is 6.04 Å². The predicted octanol–water partition coefficient (Wildman–Crippen LogP) is 2.42. The molecule has 2 N–H and O–H groups in total. The smallest absolute Gasteiger partial charge is 0.407 e. The Hall–Kier alpha value is -1.52. The summed E-state index contributed by atoms with van der Waals surface area (Å²) in [5.41, 5.74) is 0. The zero-order valence-electron chi connectivity index (χ0n) is 11.3. The molecule has 0 aromatic carbocycles. The Morgan fingerprint density at radius 1 is 1.39 bits per heavy atom. The van der Waals surface area contributed by atoms with Gasteiger partial charge in [0.15, 0.2) is 0 Å². The molecule has 0 heterocycles. The maximum Gasteiger partial charge on any atom is 0.407 e. The number of amides is 1. The van der Waals surface area contributed by atoms with E-state index in [9.17, 15) is 9.59 Å². The number of carbonyl (C=O) groups excluding carboxylic acids is 1. The van der Waals surface area contributed by atoms with Crippen LogP contribution in [0.3, 0.4) is 0 Å². The van der Waals surface area contributed by atoms with Crippen molar-refractivity contribution < 1.29 is 19.4 Å². The van der Waals surface area contributed by atoms with Crippen molar-refractivity contribution in [1.29, 1.82) is 0 Å². The highest BCUT2D eigenvalue weighted by Gasteiger charge is 2.24. The lowest BCUT2D eigenvalue weighted by atomic mass is 10.1. The largest absolute Gasteiger partial charge is 0.480 e. The van der Waals surface area contributed by atoms with Gasteiger partial charge in [-0.25, -0.2) is 9.59 Å². The predicted molar refractivity (Wildman–Crippen MR) is 69.3 cm³/mol. The minimum atomic E-state index is -1.05. The van der Waals surface area contributed by atoms with Crippen molar-refractivity contribution in [1.82, 2.24) is 5.32 Å². The molecule has 0 rings (SSSR count). The van der Waals surface area contributed by atoms with E-state index < -0.39 is 18.1 Å². The summed E-state index contributed by atoms with van der Waals surface area (Å²) in [5.74, 6) is -1.01. The van der Waals surface area contributed by atoms with Gasteiger partial charge < -0.3 is 15.2 Å². The van der Waals surface area contributed by atoms with Crippen molar-refractivity contribution in [3.05, 3.63) is 12.7 Å². The molecule has 0 spiro atoms. The minimum absolute atomic E-state index is 0.187. The first-order valence-corrected chi connectivity index (χ1v) is 6.15. The molecule has 0 aliphatic heterocycles. The number of allylic oxidation sites excluding steroid dienone is 1. The van der Waals surface area contributed by atoms with E-state index in [2.05, 4.69) is 11.9 Å². The van der Waals surface area contributed by atoms with Crippen molar-refractivity contribution >= 4 is 12.1 Å². The molecule has 0 unspecified atom stereocenters. The van der Waals surface area contributed by atoms with E-state index in [1.165, 1.54) is 0 Å². The standard InChI is InChI=1S/C13H23NO4/c1-5-6-7-10(4)8-18-13(17)14-11(9(2)3)12(15)16/h5,9-11H,1,6-8H2,2-4H3,(H,14,17)(H,15,16)/t10-,11+/m1/s1. The SMILES string of the molecule is C=CCC[C@@H](C)COC(=O)N[C@H](C(=O)O)C(C)C. The van der Waals surface area contributed by atoms with Gasteiger partial charge in [0, 0.05) is 0 Å². The number of aliphatic carboxylic acids is 1. The first-order valence-electron chi connectivity index (χ1n) is 6.15. The Bertz CT molecular complexity index is 289. The quantitative estimate of drug-likeness (QED) is 0.655. The number of carboxylic acid groups (broad SMARTS) is 1. The first kappa shape index (κ1) is 16.5. The number of alkyl carbamates (subject to hydrolysis) is 1. The number of carbonyl (C=O) groups is 2. The fraction of sp³-hybridized carbons (Fsp3) is 0.692. The summed E-state index contributed by atoms with van der Waals surface area (Å²) in [6, 6.07) is -0.916. The van der Waals surface area contributed by atoms with Crippen LogP contribution in [0.2, 0.25) is 0 Å². The molecule has 0 aliphatic carbocycles. The van der Waals surface area contributed by atoms with E-state index in [1.807, 2.05) is 13.0 Å². The van der Waals surface area contributed by atoms with E-state index in [0.717, 1.165) is 12.8 Å². The van der Waals surface area contributed by atoms with Crippen LogP contribution in [0.1, 0.15) is 33.6 Å². The molecule has 0 aromatic rings. The zero-order chi connectivity index (χ0) is 14.1. The summed E-state index contributed by atoms with van der Waals surface area (Å²) < 4.78 is 4.98. The molecule has 0 fully saturated rings. The molecule has 0 radical (unpaired) electrons. The number of carboxylic acids is 1. The molecular formula is C13H23NO4. The van der Waals surface area contributed by atoms with Gasteiger partial charge in [-0.2, -0.15) is 0 Å². The first-order chi connectivity index (χ1) is 8.38. The molecule has 1 amide bonds. The monoisotopic (exact) mass is 257 g/mol. The molecule has 0 saturated heterocycles. The second-order valence-corrected chi connectivity index (χ2v) is 4.77. The highest BCUT2D eigenvalue weighted by molar-refractivity contribution is 5.80. The highest BCUT2D eigenvalue weighted by atomic mass is 16.5. The van der Waals surface area contributed by atoms with Crippen molar-refractivity contribution in [2.45, 2.75) is 39.7 Å². The van der Waals surface area contributed by atoms with Gasteiger partial charge >= 0.3 is 12.1 Å². The highest BCUT2D eigenvalue weighted by Crippen LogP contribution is 2.07. The molecule has 2 atom stereocenters. The lowest BCUT2D eigenvalue weighted by molar-refractivity contribution is -0.140. The maximum absolute atomic E-state index is 11.4. The normalized spacial score (nSPS) is 13.8. The van der Waals surface area contributed by atoms with Crippen LogP contribution < -0.4 is 5.32 Å². The van der Waals surface area contributed by atoms with Gasteiger partial charge in [-0.15, -0.1) is 6.58 Å². The number of hydrogen-bond acceptors (Lipinski definition) is 3. The van der Waals surface area contributed by atoms with E-state index in [1.54, 1.807) is 13.8 Å². The third-order valence-corrected chi connectivity index (χ3v) is 2.57. The summed E-state index contributed by atoms with van der Waals surface area (Å²) in [5, 5.41) is 11.3. The summed E-state index contributed by atoms with van der Waals surface area (Å²) in [6.07, 6.45) is 2.90. The topological polar surface area (TPSA) is 75.6 Å². The Morgan fingerprint density at radius 2 is 2.00 bits per heavy atom. The van der Waals surface area contributed by atoms with Gasteiger partial charge in [-0.05, 0) is 24.7 Å². The average molecular weight is 257 g/mol. The van der Waals surface area contributed by atoms with Crippen molar-refractivity contribution in [3.63, 3.8) is 0 Å². The van der Waals surface area contributed by atoms with Crippen molar-refractivity contribution in [3.8, 4) is 0 Å². The van der Waals surface area contributed by atoms with Gasteiger partial charge in [-0.1, -0.05) is 26.8 Å². The lowest BCUT2D eigenvalue weighted by Gasteiger charge is -2.18. The summed E-state index contributed by atoms with van der Waals surface area (Å²) in [7, 11) is 0. The fourth-order valence-electron chi connectivity index (χ4n) is 1.39. The molecule has 0 aromatic heterocycles. The van der Waals surface area contributed by atoms with Crippen LogP contribution in [-0.2, 0) is 9.53 Å². The number of ether oxygens (including phenoxy) is 1. The molecule has 104 valence electrons. The second kappa shape index (κ2) is 8.55. The summed E-state index contributed by atoms with van der Waals surface area (Å²) in [6.45, 7) is 9.32. The van der Waals surface area contributed by atoms with Crippen LogP contribution in [-0.4, -0.2) is 29.8 Å². The van der Waals surface area contributed by atoms with Crippen molar-refractivity contribution in [2.75, 3.05) is 6.61 Å². The van der Waals surface area contributed by atoms with Gasteiger partial charge in [-0.3, -0.25) is 0 Å². The molecular weight excluding hydrogens is 234 g/mol. The second-order valence-electron chi connectivity index (χ2n) is 4.77. The Labute approximate surface area is 108 Å². The molecule has 18 heavy (non-hydrogen) atoms. The summed E-state index contributed by atoms with van der Waals surface area (Å²) >= 11 is 0. The molecule has 0 aliphatic rings. The number of hydrogen-bond donors (Lipinski definition) is 2. The Kier molecular flexibility index (Phi) is 7.83. The van der Waals surface area contributed by atoms with Crippen LogP contribution >= 0.6 is 0 Å². The van der Waals surface area contributed by atoms with Crippen LogP contribution in [0.4, 0.5) is 4.79 Å². The fourth-order valence-corrected chi connectivity index (χ4v) is 1.39. The van der Waals surface area contributed by atoms with Gasteiger partial charge in [0.25, 0.3) is 0 Å². The van der Waals surface area contributed by atoms with Gasteiger partial charge in [0.05, 0.1) is 6.61 Å². The van der Waals surface area contributed by atoms with Crippen LogP contribution in [0.15, 0.2) is 12.7 Å². The van der Waals surface area contributed by atoms with Crippen LogP contribution in [0.5, 0.6) is 0 Å². The van der Waals surface area contributed by atoms with Crippen LogP contribution in [0, 0.1) is 11.8 Å². The average Bonchev–Trinajstić information content (AvgIpc) is 2.29.